The molecule has 1 heterocycles. The van der Waals surface area contributed by atoms with Crippen molar-refractivity contribution in [1.29, 1.82) is 0 Å². The highest BCUT2D eigenvalue weighted by Crippen LogP contribution is 2.42. The van der Waals surface area contributed by atoms with Gasteiger partial charge in [0, 0.05) is 10.0 Å². The van der Waals surface area contributed by atoms with E-state index in [9.17, 15) is 4.79 Å². The van der Waals surface area contributed by atoms with Crippen LogP contribution in [0.2, 0.25) is 10.0 Å². The van der Waals surface area contributed by atoms with Gasteiger partial charge >= 0.3 is 0 Å². The Morgan fingerprint density at radius 1 is 0.947 bits per heavy atom. The summed E-state index contributed by atoms with van der Waals surface area (Å²) in [6.45, 7) is 2.85. The molecule has 0 radical (unpaired) electrons. The number of hydrogen-bond acceptors (Lipinski definition) is 5. The highest BCUT2D eigenvalue weighted by Gasteiger charge is 2.42. The van der Waals surface area contributed by atoms with E-state index in [2.05, 4.69) is 6.92 Å². The molecule has 0 saturated carbocycles. The van der Waals surface area contributed by atoms with E-state index in [0.717, 1.165) is 29.5 Å². The molecule has 2 unspecified atom stereocenters. The highest BCUT2D eigenvalue weighted by atomic mass is 35.5. The van der Waals surface area contributed by atoms with Crippen LogP contribution in [0.3, 0.4) is 0 Å². The van der Waals surface area contributed by atoms with Gasteiger partial charge in [-0.15, -0.1) is 0 Å². The van der Waals surface area contributed by atoms with Crippen molar-refractivity contribution in [3.63, 3.8) is 0 Å². The summed E-state index contributed by atoms with van der Waals surface area (Å²) in [6, 6.07) is 20.4. The molecule has 0 N–H and O–H groups in total. The predicted octanol–water partition coefficient (Wildman–Crippen LogP) is 7.04. The minimum atomic E-state index is -0.391. The molecule has 202 valence electrons. The zero-order valence-electron chi connectivity index (χ0n) is 21.9. The van der Waals surface area contributed by atoms with E-state index in [1.165, 1.54) is 0 Å². The predicted molar refractivity (Wildman–Crippen MR) is 149 cm³/mol. The number of morpholine rings is 1. The summed E-state index contributed by atoms with van der Waals surface area (Å²) in [6.07, 6.45) is 1.28. The van der Waals surface area contributed by atoms with Crippen molar-refractivity contribution in [3.8, 4) is 11.5 Å². The van der Waals surface area contributed by atoms with Crippen LogP contribution < -0.4 is 9.47 Å². The largest absolute Gasteiger partial charge is 0.493 e. The number of hydrogen-bond donors (Lipinski definition) is 0. The second kappa shape index (κ2) is 13.3. The summed E-state index contributed by atoms with van der Waals surface area (Å²) in [5.41, 5.74) is 2.81. The summed E-state index contributed by atoms with van der Waals surface area (Å²) >= 11 is 12.5. The molecule has 4 rings (SSSR count). The Morgan fingerprint density at radius 3 is 2.39 bits per heavy atom. The van der Waals surface area contributed by atoms with Crippen LogP contribution in [0, 0.1) is 0 Å². The second-order valence-electron chi connectivity index (χ2n) is 9.23. The van der Waals surface area contributed by atoms with Gasteiger partial charge in [-0.2, -0.15) is 0 Å². The molecule has 0 aromatic heterocycles. The van der Waals surface area contributed by atoms with E-state index in [1.54, 1.807) is 14.2 Å². The molecule has 0 bridgehead atoms. The first-order chi connectivity index (χ1) is 18.4. The standard InChI is InChI=1S/C30H33Cl2NO5/c1-4-6-25(18-37-17-20-9-14-26(35-2)27(15-20)36-3)33-28(34)19-38-30(22-7-5-8-24(32)16-22)29(33)21-10-12-23(31)13-11-21/h5,7-16,25,29-30H,4,6,17-19H2,1-3H3/t25-,29?,30?/m1/s1. The maximum Gasteiger partial charge on any atom is 0.249 e. The molecule has 1 aliphatic rings. The zero-order valence-corrected chi connectivity index (χ0v) is 23.4. The van der Waals surface area contributed by atoms with E-state index in [4.69, 9.17) is 42.1 Å². The van der Waals surface area contributed by atoms with Crippen LogP contribution in [-0.4, -0.2) is 44.3 Å². The number of amides is 1. The lowest BCUT2D eigenvalue weighted by molar-refractivity contribution is -0.166. The molecule has 1 amide bonds. The van der Waals surface area contributed by atoms with Gasteiger partial charge in [-0.05, 0) is 59.5 Å². The van der Waals surface area contributed by atoms with Gasteiger partial charge in [0.05, 0.1) is 39.5 Å². The summed E-state index contributed by atoms with van der Waals surface area (Å²) in [5, 5.41) is 1.25. The van der Waals surface area contributed by atoms with Crippen LogP contribution in [0.15, 0.2) is 66.7 Å². The van der Waals surface area contributed by atoms with E-state index in [1.807, 2.05) is 71.6 Å². The topological polar surface area (TPSA) is 57.2 Å². The number of halogens is 2. The van der Waals surface area contributed by atoms with Gasteiger partial charge < -0.3 is 23.8 Å². The SMILES string of the molecule is CCC[C@H](COCc1ccc(OC)c(OC)c1)N1C(=O)COC(c2cccc(Cl)c2)C1c1ccc(Cl)cc1. The molecule has 3 aromatic carbocycles. The fourth-order valence-electron chi connectivity index (χ4n) is 4.94. The van der Waals surface area contributed by atoms with Crippen LogP contribution in [0.25, 0.3) is 0 Å². The molecule has 0 spiro atoms. The minimum absolute atomic E-state index is 0.0167. The Labute approximate surface area is 234 Å². The van der Waals surface area contributed by atoms with Crippen molar-refractivity contribution < 1.29 is 23.7 Å². The highest BCUT2D eigenvalue weighted by molar-refractivity contribution is 6.30. The van der Waals surface area contributed by atoms with Crippen molar-refractivity contribution in [3.05, 3.63) is 93.5 Å². The van der Waals surface area contributed by atoms with Crippen LogP contribution >= 0.6 is 23.2 Å². The van der Waals surface area contributed by atoms with Crippen LogP contribution in [-0.2, 0) is 20.9 Å². The number of rotatable bonds is 11. The maximum absolute atomic E-state index is 13.5. The van der Waals surface area contributed by atoms with Crippen molar-refractivity contribution in [1.82, 2.24) is 4.90 Å². The average molecular weight is 559 g/mol. The monoisotopic (exact) mass is 557 g/mol. The zero-order chi connectivity index (χ0) is 27.1. The van der Waals surface area contributed by atoms with Gasteiger partial charge in [-0.3, -0.25) is 4.79 Å². The van der Waals surface area contributed by atoms with Gasteiger partial charge in [-0.25, -0.2) is 0 Å². The number of ether oxygens (including phenoxy) is 4. The first-order valence-corrected chi connectivity index (χ1v) is 13.4. The quantitative estimate of drug-likeness (QED) is 0.253. The van der Waals surface area contributed by atoms with Gasteiger partial charge in [0.1, 0.15) is 12.7 Å². The number of carbonyl (C=O) groups is 1. The number of nitrogens with zero attached hydrogens (tertiary/aromatic N) is 1. The molecule has 6 nitrogen and oxygen atoms in total. The first-order valence-electron chi connectivity index (χ1n) is 12.7. The van der Waals surface area contributed by atoms with E-state index >= 15 is 0 Å². The maximum atomic E-state index is 13.5. The van der Waals surface area contributed by atoms with Gasteiger partial charge in [-0.1, -0.05) is 66.9 Å². The Hall–Kier alpha value is -2.77. The Kier molecular flexibility index (Phi) is 9.91. The summed E-state index contributed by atoms with van der Waals surface area (Å²) < 4.78 is 23.1. The number of carbonyl (C=O) groups excluding carboxylic acids is 1. The lowest BCUT2D eigenvalue weighted by atomic mass is 9.91. The smallest absolute Gasteiger partial charge is 0.249 e. The fourth-order valence-corrected chi connectivity index (χ4v) is 5.26. The number of benzene rings is 3. The van der Waals surface area contributed by atoms with E-state index in [0.29, 0.717) is 34.8 Å². The molecule has 3 atom stereocenters. The van der Waals surface area contributed by atoms with Crippen LogP contribution in [0.1, 0.15) is 48.6 Å². The normalized spacial score (nSPS) is 18.3. The van der Waals surface area contributed by atoms with Crippen molar-refractivity contribution in [2.45, 2.75) is 44.6 Å². The minimum Gasteiger partial charge on any atom is -0.493 e. The lowest BCUT2D eigenvalue weighted by Crippen LogP contribution is -2.52. The van der Waals surface area contributed by atoms with Gasteiger partial charge in [0.25, 0.3) is 0 Å². The molecule has 1 fully saturated rings. The Balaban J connectivity index is 1.62. The Bertz CT molecular complexity index is 1220. The third-order valence-corrected chi connectivity index (χ3v) is 7.18. The summed E-state index contributed by atoms with van der Waals surface area (Å²) in [7, 11) is 3.22. The Morgan fingerprint density at radius 2 is 1.71 bits per heavy atom. The number of methoxy groups -OCH3 is 2. The average Bonchev–Trinajstić information content (AvgIpc) is 2.93. The third kappa shape index (κ3) is 6.62. The molecule has 8 heteroatoms. The molecule has 1 aliphatic heterocycles. The molecule has 38 heavy (non-hydrogen) atoms. The third-order valence-electron chi connectivity index (χ3n) is 6.69. The fraction of sp³-hybridized carbons (Fsp3) is 0.367. The molecular formula is C30H33Cl2NO5. The van der Waals surface area contributed by atoms with Crippen molar-refractivity contribution >= 4 is 29.1 Å². The van der Waals surface area contributed by atoms with E-state index in [-0.39, 0.29) is 24.6 Å². The molecule has 0 aliphatic carbocycles. The molecular weight excluding hydrogens is 525 g/mol. The van der Waals surface area contributed by atoms with Crippen molar-refractivity contribution in [2.24, 2.45) is 0 Å². The van der Waals surface area contributed by atoms with Gasteiger partial charge in [0.2, 0.25) is 5.91 Å². The van der Waals surface area contributed by atoms with Gasteiger partial charge in [0.15, 0.2) is 11.5 Å². The summed E-state index contributed by atoms with van der Waals surface area (Å²) in [4.78, 5) is 15.4. The lowest BCUT2D eigenvalue weighted by Gasteiger charge is -2.45. The van der Waals surface area contributed by atoms with Crippen molar-refractivity contribution in [2.75, 3.05) is 27.4 Å². The van der Waals surface area contributed by atoms with Crippen LogP contribution in [0.5, 0.6) is 11.5 Å². The van der Waals surface area contributed by atoms with Crippen LogP contribution in [0.4, 0.5) is 0 Å². The molecule has 1 saturated heterocycles. The summed E-state index contributed by atoms with van der Waals surface area (Å²) in [5.74, 6) is 1.24. The first kappa shape index (κ1) is 28.2. The molecule has 3 aromatic rings. The second-order valence-corrected chi connectivity index (χ2v) is 10.1. The van der Waals surface area contributed by atoms with E-state index < -0.39 is 6.10 Å².